The highest BCUT2D eigenvalue weighted by Gasteiger charge is 2.29. The summed E-state index contributed by atoms with van der Waals surface area (Å²) in [5.74, 6) is -0.943. The maximum absolute atomic E-state index is 12.4. The molecular formula is C15H12F3NO3S. The minimum absolute atomic E-state index is 0.0857. The number of nitrogens with one attached hydrogen (secondary N) is 1. The molecule has 0 unspecified atom stereocenters. The summed E-state index contributed by atoms with van der Waals surface area (Å²) in [5.41, 5.74) is -0.204. The minimum atomic E-state index is -4.39. The number of amides is 1. The van der Waals surface area contributed by atoms with Crippen molar-refractivity contribution in [3.63, 3.8) is 0 Å². The lowest BCUT2D eigenvalue weighted by Crippen LogP contribution is -2.21. The van der Waals surface area contributed by atoms with E-state index in [1.807, 2.05) is 0 Å². The van der Waals surface area contributed by atoms with Gasteiger partial charge in [0.15, 0.2) is 0 Å². The molecule has 2 aromatic rings. The van der Waals surface area contributed by atoms with Crippen molar-refractivity contribution >= 4 is 23.2 Å². The molecule has 23 heavy (non-hydrogen) atoms. The molecule has 8 heteroatoms. The van der Waals surface area contributed by atoms with Gasteiger partial charge in [-0.15, -0.1) is 11.3 Å². The topological polar surface area (TPSA) is 55.4 Å². The maximum atomic E-state index is 12.4. The normalized spacial score (nSPS) is 11.1. The van der Waals surface area contributed by atoms with Gasteiger partial charge in [-0.25, -0.2) is 4.79 Å². The Balaban J connectivity index is 1.96. The fourth-order valence-corrected chi connectivity index (χ4v) is 2.59. The summed E-state index contributed by atoms with van der Waals surface area (Å²) >= 11 is 0.979. The van der Waals surface area contributed by atoms with Gasteiger partial charge in [-0.05, 0) is 29.8 Å². The Kier molecular flexibility index (Phi) is 5.05. The monoisotopic (exact) mass is 343 g/mol. The van der Waals surface area contributed by atoms with Gasteiger partial charge in [0.05, 0.1) is 17.6 Å². The summed E-state index contributed by atoms with van der Waals surface area (Å²) in [4.78, 5) is 23.9. The van der Waals surface area contributed by atoms with Crippen molar-refractivity contribution in [2.75, 3.05) is 7.11 Å². The second-order valence-electron chi connectivity index (χ2n) is 4.53. The number of alkyl halides is 3. The van der Waals surface area contributed by atoms with Crippen LogP contribution < -0.4 is 5.32 Å². The number of carbonyl (C=O) groups excluding carboxylic acids is 2. The zero-order chi connectivity index (χ0) is 17.0. The smallest absolute Gasteiger partial charge is 0.416 e. The number of rotatable bonds is 4. The minimum Gasteiger partial charge on any atom is -0.465 e. The SMILES string of the molecule is COC(=O)c1ccc(C(=O)NCc2ccc(C(F)(F)F)cc2)s1. The molecular weight excluding hydrogens is 331 g/mol. The molecule has 0 aliphatic rings. The highest BCUT2D eigenvalue weighted by molar-refractivity contribution is 7.15. The van der Waals surface area contributed by atoms with Gasteiger partial charge in [0.2, 0.25) is 0 Å². The van der Waals surface area contributed by atoms with Crippen LogP contribution in [-0.4, -0.2) is 19.0 Å². The average molecular weight is 343 g/mol. The third-order valence-electron chi connectivity index (χ3n) is 2.95. The van der Waals surface area contributed by atoms with Crippen molar-refractivity contribution in [2.24, 2.45) is 0 Å². The first-order valence-corrected chi connectivity index (χ1v) is 7.25. The van der Waals surface area contributed by atoms with Gasteiger partial charge >= 0.3 is 12.1 Å². The van der Waals surface area contributed by atoms with Crippen LogP contribution >= 0.6 is 11.3 Å². The van der Waals surface area contributed by atoms with Crippen LogP contribution in [0.5, 0.6) is 0 Å². The maximum Gasteiger partial charge on any atom is 0.416 e. The van der Waals surface area contributed by atoms with Gasteiger partial charge in [-0.1, -0.05) is 12.1 Å². The lowest BCUT2D eigenvalue weighted by atomic mass is 10.1. The molecule has 1 N–H and O–H groups in total. The Morgan fingerprint density at radius 3 is 2.26 bits per heavy atom. The number of methoxy groups -OCH3 is 1. The molecule has 0 spiro atoms. The molecule has 0 aliphatic carbocycles. The van der Waals surface area contributed by atoms with Crippen LogP contribution in [0.15, 0.2) is 36.4 Å². The Labute approximate surface area is 133 Å². The highest BCUT2D eigenvalue weighted by atomic mass is 32.1. The summed E-state index contributed by atoms with van der Waals surface area (Å²) in [6, 6.07) is 7.49. The van der Waals surface area contributed by atoms with Crippen LogP contribution in [0.3, 0.4) is 0 Å². The molecule has 0 bridgehead atoms. The van der Waals surface area contributed by atoms with Gasteiger partial charge in [-0.3, -0.25) is 4.79 Å². The van der Waals surface area contributed by atoms with E-state index in [-0.39, 0.29) is 6.54 Å². The summed E-state index contributed by atoms with van der Waals surface area (Å²) in [6.45, 7) is 0.0857. The standard InChI is InChI=1S/C15H12F3NO3S/c1-22-14(21)12-7-6-11(23-12)13(20)19-8-9-2-4-10(5-3-9)15(16,17)18/h2-7H,8H2,1H3,(H,19,20). The molecule has 0 fully saturated rings. The van der Waals surface area contributed by atoms with Gasteiger partial charge in [0.1, 0.15) is 4.88 Å². The first-order chi connectivity index (χ1) is 10.8. The molecule has 1 heterocycles. The van der Waals surface area contributed by atoms with E-state index in [1.54, 1.807) is 0 Å². The second-order valence-corrected chi connectivity index (χ2v) is 5.62. The van der Waals surface area contributed by atoms with Crippen molar-refractivity contribution in [3.8, 4) is 0 Å². The molecule has 1 amide bonds. The zero-order valence-electron chi connectivity index (χ0n) is 11.9. The molecule has 1 aromatic carbocycles. The number of thiophene rings is 1. The molecule has 0 atom stereocenters. The quantitative estimate of drug-likeness (QED) is 0.865. The number of ether oxygens (including phenoxy) is 1. The van der Waals surface area contributed by atoms with Crippen LogP contribution in [0.1, 0.15) is 30.5 Å². The molecule has 0 saturated heterocycles. The van der Waals surface area contributed by atoms with E-state index >= 15 is 0 Å². The average Bonchev–Trinajstić information content (AvgIpc) is 3.01. The van der Waals surface area contributed by atoms with Gasteiger partial charge < -0.3 is 10.1 Å². The molecule has 4 nitrogen and oxygen atoms in total. The van der Waals surface area contributed by atoms with E-state index in [0.717, 1.165) is 23.5 Å². The first-order valence-electron chi connectivity index (χ1n) is 6.43. The summed E-state index contributed by atoms with van der Waals surface area (Å²) < 4.78 is 41.9. The number of carbonyl (C=O) groups is 2. The van der Waals surface area contributed by atoms with E-state index < -0.39 is 23.6 Å². The fourth-order valence-electron chi connectivity index (χ4n) is 1.75. The van der Waals surface area contributed by atoms with Crippen molar-refractivity contribution in [1.82, 2.24) is 5.32 Å². The molecule has 1 aromatic heterocycles. The van der Waals surface area contributed by atoms with Gasteiger partial charge in [0.25, 0.3) is 5.91 Å². The Bertz CT molecular complexity index is 708. The third-order valence-corrected chi connectivity index (χ3v) is 4.01. The Hall–Kier alpha value is -2.35. The van der Waals surface area contributed by atoms with Crippen molar-refractivity contribution in [1.29, 1.82) is 0 Å². The molecule has 0 radical (unpaired) electrons. The number of hydrogen-bond donors (Lipinski definition) is 1. The van der Waals surface area contributed by atoms with Crippen molar-refractivity contribution < 1.29 is 27.5 Å². The van der Waals surface area contributed by atoms with E-state index in [1.165, 1.54) is 31.4 Å². The lowest BCUT2D eigenvalue weighted by Gasteiger charge is -2.08. The van der Waals surface area contributed by atoms with Crippen LogP contribution in [0.4, 0.5) is 13.2 Å². The predicted octanol–water partition coefficient (Wildman–Crippen LogP) is 3.48. The van der Waals surface area contributed by atoms with Crippen molar-refractivity contribution in [3.05, 3.63) is 57.3 Å². The number of halogens is 3. The van der Waals surface area contributed by atoms with Gasteiger partial charge in [-0.2, -0.15) is 13.2 Å². The highest BCUT2D eigenvalue weighted by Crippen LogP contribution is 2.29. The Morgan fingerprint density at radius 2 is 1.70 bits per heavy atom. The third kappa shape index (κ3) is 4.32. The second kappa shape index (κ2) is 6.82. The predicted molar refractivity (Wildman–Crippen MR) is 78.3 cm³/mol. The Morgan fingerprint density at radius 1 is 1.09 bits per heavy atom. The summed E-state index contributed by atoms with van der Waals surface area (Å²) in [7, 11) is 1.24. The molecule has 2 rings (SSSR count). The lowest BCUT2D eigenvalue weighted by molar-refractivity contribution is -0.137. The van der Waals surface area contributed by atoms with Crippen LogP contribution in [0.25, 0.3) is 0 Å². The summed E-state index contributed by atoms with van der Waals surface area (Å²) in [5, 5.41) is 2.58. The number of hydrogen-bond acceptors (Lipinski definition) is 4. The van der Waals surface area contributed by atoms with Crippen LogP contribution in [0, 0.1) is 0 Å². The number of esters is 1. The van der Waals surface area contributed by atoms with E-state index in [9.17, 15) is 22.8 Å². The fraction of sp³-hybridized carbons (Fsp3) is 0.200. The molecule has 0 aliphatic heterocycles. The van der Waals surface area contributed by atoms with Crippen molar-refractivity contribution in [2.45, 2.75) is 12.7 Å². The summed E-state index contributed by atoms with van der Waals surface area (Å²) in [6.07, 6.45) is -4.39. The van der Waals surface area contributed by atoms with Gasteiger partial charge in [0, 0.05) is 6.54 Å². The number of benzene rings is 1. The first kappa shape index (κ1) is 17.0. The molecule has 0 saturated carbocycles. The van der Waals surface area contributed by atoms with E-state index in [0.29, 0.717) is 15.3 Å². The van der Waals surface area contributed by atoms with E-state index in [4.69, 9.17) is 0 Å². The van der Waals surface area contributed by atoms with Crippen LogP contribution in [-0.2, 0) is 17.5 Å². The zero-order valence-corrected chi connectivity index (χ0v) is 12.8. The molecule has 122 valence electrons. The van der Waals surface area contributed by atoms with Crippen LogP contribution in [0.2, 0.25) is 0 Å². The largest absolute Gasteiger partial charge is 0.465 e. The van der Waals surface area contributed by atoms with E-state index in [2.05, 4.69) is 10.1 Å².